The van der Waals surface area contributed by atoms with Crippen molar-refractivity contribution in [3.63, 3.8) is 0 Å². The lowest BCUT2D eigenvalue weighted by molar-refractivity contribution is -0.145. The third-order valence-corrected chi connectivity index (χ3v) is 3.66. The highest BCUT2D eigenvalue weighted by Crippen LogP contribution is 2.25. The summed E-state index contributed by atoms with van der Waals surface area (Å²) in [6, 6.07) is 6.17. The third kappa shape index (κ3) is 3.84. The number of carbonyl (C=O) groups is 2. The number of esters is 1. The number of anilines is 1. The van der Waals surface area contributed by atoms with E-state index in [-0.39, 0.29) is 11.5 Å². The lowest BCUT2D eigenvalue weighted by Gasteiger charge is -2.26. The van der Waals surface area contributed by atoms with Crippen molar-refractivity contribution in [3.8, 4) is 0 Å². The first-order valence-electron chi connectivity index (χ1n) is 6.62. The molecule has 0 aliphatic rings. The normalized spacial score (nSPS) is 11.6. The molecule has 2 N–H and O–H groups in total. The zero-order chi connectivity index (χ0) is 17.0. The smallest absolute Gasteiger partial charge is 0.333 e. The average Bonchev–Trinajstić information content (AvgIpc) is 2.54. The van der Waals surface area contributed by atoms with Crippen molar-refractivity contribution in [1.29, 1.82) is 0 Å². The SMILES string of the molecule is COC(=O)C(c1cccc(Br)c1)N(C)C(=O)c1cncc(N)n1. The zero-order valence-corrected chi connectivity index (χ0v) is 14.1. The van der Waals surface area contributed by atoms with E-state index in [1.54, 1.807) is 18.2 Å². The molecule has 7 nitrogen and oxygen atoms in total. The second-order valence-corrected chi connectivity index (χ2v) is 5.64. The number of ether oxygens (including phenoxy) is 1. The Morgan fingerprint density at radius 2 is 2.09 bits per heavy atom. The molecule has 2 rings (SSSR count). The van der Waals surface area contributed by atoms with E-state index in [2.05, 4.69) is 25.9 Å². The molecule has 1 amide bonds. The number of nitrogens with zero attached hydrogens (tertiary/aromatic N) is 3. The Morgan fingerprint density at radius 3 is 2.70 bits per heavy atom. The lowest BCUT2D eigenvalue weighted by atomic mass is 10.1. The monoisotopic (exact) mass is 378 g/mol. The Bertz CT molecular complexity index is 738. The summed E-state index contributed by atoms with van der Waals surface area (Å²) >= 11 is 3.35. The molecular formula is C15H15BrN4O3. The molecule has 0 saturated heterocycles. The topological polar surface area (TPSA) is 98.4 Å². The summed E-state index contributed by atoms with van der Waals surface area (Å²) in [7, 11) is 2.77. The van der Waals surface area contributed by atoms with Gasteiger partial charge >= 0.3 is 5.97 Å². The average molecular weight is 379 g/mol. The number of amides is 1. The van der Waals surface area contributed by atoms with Gasteiger partial charge in [-0.15, -0.1) is 0 Å². The quantitative estimate of drug-likeness (QED) is 0.814. The van der Waals surface area contributed by atoms with Crippen LogP contribution in [0.3, 0.4) is 0 Å². The molecule has 8 heteroatoms. The maximum atomic E-state index is 12.6. The van der Waals surface area contributed by atoms with E-state index in [0.29, 0.717) is 5.56 Å². The number of halogens is 1. The molecule has 0 aliphatic heterocycles. The van der Waals surface area contributed by atoms with Crippen LogP contribution < -0.4 is 5.73 Å². The highest BCUT2D eigenvalue weighted by atomic mass is 79.9. The van der Waals surface area contributed by atoms with E-state index in [4.69, 9.17) is 10.5 Å². The Hall–Kier alpha value is -2.48. The molecule has 23 heavy (non-hydrogen) atoms. The molecule has 1 heterocycles. The first kappa shape index (κ1) is 16.9. The standard InChI is InChI=1S/C15H15BrN4O3/c1-20(14(21)11-7-18-8-12(17)19-11)13(15(22)23-2)9-4-3-5-10(16)6-9/h3-8,13H,1-2H3,(H2,17,19). The molecule has 0 bridgehead atoms. The van der Waals surface area contributed by atoms with Crippen molar-refractivity contribution in [2.45, 2.75) is 6.04 Å². The number of hydrogen-bond donors (Lipinski definition) is 1. The Labute approximate surface area is 141 Å². The third-order valence-electron chi connectivity index (χ3n) is 3.17. The molecule has 0 fully saturated rings. The number of rotatable bonds is 4. The summed E-state index contributed by atoms with van der Waals surface area (Å²) in [5, 5.41) is 0. The van der Waals surface area contributed by atoms with Crippen molar-refractivity contribution in [2.75, 3.05) is 19.9 Å². The fourth-order valence-electron chi connectivity index (χ4n) is 2.09. The second kappa shape index (κ2) is 7.19. The molecule has 1 aromatic carbocycles. The van der Waals surface area contributed by atoms with Gasteiger partial charge in [-0.1, -0.05) is 28.1 Å². The van der Waals surface area contributed by atoms with Gasteiger partial charge in [0.1, 0.15) is 11.5 Å². The predicted octanol–water partition coefficient (Wildman–Crippen LogP) is 1.81. The second-order valence-electron chi connectivity index (χ2n) is 4.73. The van der Waals surface area contributed by atoms with E-state index in [1.807, 2.05) is 6.07 Å². The number of benzene rings is 1. The van der Waals surface area contributed by atoms with Crippen molar-refractivity contribution in [2.24, 2.45) is 0 Å². The van der Waals surface area contributed by atoms with Gasteiger partial charge in [-0.2, -0.15) is 0 Å². The van der Waals surface area contributed by atoms with Gasteiger partial charge in [-0.3, -0.25) is 9.78 Å². The summed E-state index contributed by atoms with van der Waals surface area (Å²) in [6.07, 6.45) is 2.63. The van der Waals surface area contributed by atoms with Crippen LogP contribution in [0.5, 0.6) is 0 Å². The summed E-state index contributed by atoms with van der Waals surface area (Å²) in [5.74, 6) is -0.919. The molecule has 2 aromatic rings. The van der Waals surface area contributed by atoms with Crippen LogP contribution in [0.1, 0.15) is 22.1 Å². The summed E-state index contributed by atoms with van der Waals surface area (Å²) < 4.78 is 5.61. The first-order valence-corrected chi connectivity index (χ1v) is 7.41. The minimum absolute atomic E-state index is 0.0522. The molecular weight excluding hydrogens is 364 g/mol. The summed E-state index contributed by atoms with van der Waals surface area (Å²) in [5.41, 5.74) is 6.21. The van der Waals surface area contributed by atoms with Gasteiger partial charge in [0.15, 0.2) is 6.04 Å². The zero-order valence-electron chi connectivity index (χ0n) is 12.6. The van der Waals surface area contributed by atoms with Gasteiger partial charge in [-0.25, -0.2) is 9.78 Å². The highest BCUT2D eigenvalue weighted by Gasteiger charge is 2.31. The molecule has 1 aromatic heterocycles. The van der Waals surface area contributed by atoms with E-state index in [0.717, 1.165) is 4.47 Å². The number of carbonyl (C=O) groups excluding carboxylic acids is 2. The molecule has 0 aliphatic carbocycles. The van der Waals surface area contributed by atoms with Crippen LogP contribution in [0.25, 0.3) is 0 Å². The van der Waals surface area contributed by atoms with Crippen LogP contribution in [-0.2, 0) is 9.53 Å². The lowest BCUT2D eigenvalue weighted by Crippen LogP contribution is -2.37. The number of aromatic nitrogens is 2. The van der Waals surface area contributed by atoms with E-state index in [1.165, 1.54) is 31.5 Å². The fourth-order valence-corrected chi connectivity index (χ4v) is 2.51. The molecule has 1 unspecified atom stereocenters. The first-order chi connectivity index (χ1) is 10.9. The number of hydrogen-bond acceptors (Lipinski definition) is 6. The van der Waals surface area contributed by atoms with Gasteiger partial charge in [0.25, 0.3) is 5.91 Å². The van der Waals surface area contributed by atoms with Crippen LogP contribution in [0.4, 0.5) is 5.82 Å². The summed E-state index contributed by atoms with van der Waals surface area (Å²) in [4.78, 5) is 33.8. The Morgan fingerprint density at radius 1 is 1.35 bits per heavy atom. The van der Waals surface area contributed by atoms with Crippen LogP contribution in [0, 0.1) is 0 Å². The van der Waals surface area contributed by atoms with E-state index >= 15 is 0 Å². The molecule has 120 valence electrons. The minimum atomic E-state index is -0.909. The fraction of sp³-hybridized carbons (Fsp3) is 0.200. The highest BCUT2D eigenvalue weighted by molar-refractivity contribution is 9.10. The Kier molecular flexibility index (Phi) is 5.28. The number of nitrogens with two attached hydrogens (primary N) is 1. The van der Waals surface area contributed by atoms with Gasteiger partial charge < -0.3 is 15.4 Å². The van der Waals surface area contributed by atoms with Crippen LogP contribution in [-0.4, -0.2) is 40.9 Å². The Balaban J connectivity index is 2.39. The van der Waals surface area contributed by atoms with Crippen LogP contribution >= 0.6 is 15.9 Å². The van der Waals surface area contributed by atoms with Crippen molar-refractivity contribution in [1.82, 2.24) is 14.9 Å². The largest absolute Gasteiger partial charge is 0.467 e. The van der Waals surface area contributed by atoms with Gasteiger partial charge in [-0.05, 0) is 17.7 Å². The minimum Gasteiger partial charge on any atom is -0.467 e. The molecule has 0 radical (unpaired) electrons. The number of likely N-dealkylation sites (N-methyl/N-ethyl adjacent to an activating group) is 1. The van der Waals surface area contributed by atoms with Gasteiger partial charge in [0.2, 0.25) is 0 Å². The van der Waals surface area contributed by atoms with Crippen LogP contribution in [0.2, 0.25) is 0 Å². The van der Waals surface area contributed by atoms with E-state index in [9.17, 15) is 9.59 Å². The maximum absolute atomic E-state index is 12.6. The van der Waals surface area contributed by atoms with E-state index < -0.39 is 17.9 Å². The molecule has 1 atom stereocenters. The van der Waals surface area contributed by atoms with Crippen molar-refractivity contribution >= 4 is 33.6 Å². The number of nitrogen functional groups attached to an aromatic ring is 1. The van der Waals surface area contributed by atoms with Crippen LogP contribution in [0.15, 0.2) is 41.1 Å². The van der Waals surface area contributed by atoms with Crippen molar-refractivity contribution in [3.05, 3.63) is 52.4 Å². The number of methoxy groups -OCH3 is 1. The molecule has 0 saturated carbocycles. The van der Waals surface area contributed by atoms with Gasteiger partial charge in [0.05, 0.1) is 19.5 Å². The van der Waals surface area contributed by atoms with Gasteiger partial charge in [0, 0.05) is 11.5 Å². The maximum Gasteiger partial charge on any atom is 0.333 e. The summed E-state index contributed by atoms with van der Waals surface area (Å²) in [6.45, 7) is 0. The predicted molar refractivity (Wildman–Crippen MR) is 87.4 cm³/mol. The van der Waals surface area contributed by atoms with Crippen molar-refractivity contribution < 1.29 is 14.3 Å². The molecule has 0 spiro atoms.